The van der Waals surface area contributed by atoms with E-state index in [1.165, 1.54) is 6.92 Å². The third kappa shape index (κ3) is 4.59. The van der Waals surface area contributed by atoms with Crippen LogP contribution in [-0.4, -0.2) is 40.7 Å². The second kappa shape index (κ2) is 7.83. The molecule has 1 saturated heterocycles. The lowest BCUT2D eigenvalue weighted by Gasteiger charge is -2.13. The highest BCUT2D eigenvalue weighted by molar-refractivity contribution is 6.03. The van der Waals surface area contributed by atoms with Gasteiger partial charge in [-0.25, -0.2) is 5.43 Å². The van der Waals surface area contributed by atoms with Crippen molar-refractivity contribution in [2.45, 2.75) is 33.6 Å². The average molecular weight is 343 g/mol. The van der Waals surface area contributed by atoms with Crippen LogP contribution in [0.1, 0.15) is 49.5 Å². The Morgan fingerprint density at radius 2 is 1.76 bits per heavy atom. The zero-order chi connectivity index (χ0) is 18.6. The van der Waals surface area contributed by atoms with Crippen LogP contribution in [0.15, 0.2) is 29.4 Å². The van der Waals surface area contributed by atoms with E-state index < -0.39 is 0 Å². The lowest BCUT2D eigenvalue weighted by atomic mass is 10.1. The van der Waals surface area contributed by atoms with E-state index in [9.17, 15) is 19.2 Å². The van der Waals surface area contributed by atoms with E-state index >= 15 is 0 Å². The van der Waals surface area contributed by atoms with Gasteiger partial charge < -0.3 is 0 Å². The summed E-state index contributed by atoms with van der Waals surface area (Å²) >= 11 is 0. The number of benzene rings is 1. The summed E-state index contributed by atoms with van der Waals surface area (Å²) in [5.74, 6) is -1.18. The van der Waals surface area contributed by atoms with Crippen LogP contribution in [0.2, 0.25) is 0 Å². The zero-order valence-electron chi connectivity index (χ0n) is 14.5. The predicted molar refractivity (Wildman–Crippen MR) is 91.9 cm³/mol. The Hall–Kier alpha value is -2.83. The summed E-state index contributed by atoms with van der Waals surface area (Å²) in [6, 6.07) is 6.91. The highest BCUT2D eigenvalue weighted by atomic mass is 16.2. The summed E-state index contributed by atoms with van der Waals surface area (Å²) in [5.41, 5.74) is 4.39. The molecule has 1 heterocycles. The van der Waals surface area contributed by atoms with Crippen LogP contribution in [0.25, 0.3) is 0 Å². The second-order valence-electron chi connectivity index (χ2n) is 6.10. The van der Waals surface area contributed by atoms with Crippen LogP contribution < -0.4 is 5.43 Å². The number of hydrazone groups is 1. The van der Waals surface area contributed by atoms with Gasteiger partial charge in [0.1, 0.15) is 0 Å². The highest BCUT2D eigenvalue weighted by Crippen LogP contribution is 2.18. The monoisotopic (exact) mass is 343 g/mol. The maximum Gasteiger partial charge on any atom is 0.241 e. The number of carbonyl (C=O) groups excluding carboxylic acids is 4. The van der Waals surface area contributed by atoms with Crippen molar-refractivity contribution in [2.75, 3.05) is 6.54 Å². The van der Waals surface area contributed by atoms with Gasteiger partial charge in [0.25, 0.3) is 0 Å². The quantitative estimate of drug-likeness (QED) is 0.366. The van der Waals surface area contributed by atoms with Crippen molar-refractivity contribution in [1.29, 1.82) is 0 Å². The topological polar surface area (TPSA) is 95.9 Å². The molecule has 0 aliphatic carbocycles. The molecule has 3 amide bonds. The van der Waals surface area contributed by atoms with Gasteiger partial charge in [0, 0.05) is 30.9 Å². The summed E-state index contributed by atoms with van der Waals surface area (Å²) in [6.07, 6.45) is 0.207. The van der Waals surface area contributed by atoms with Gasteiger partial charge in [0.15, 0.2) is 5.78 Å². The number of hydrogen-bond donors (Lipinski definition) is 1. The number of rotatable bonds is 6. The molecule has 1 unspecified atom stereocenters. The van der Waals surface area contributed by atoms with Crippen molar-refractivity contribution in [1.82, 2.24) is 10.3 Å². The molecular formula is C18H21N3O4. The van der Waals surface area contributed by atoms with E-state index in [-0.39, 0.29) is 48.8 Å². The molecule has 0 saturated carbocycles. The van der Waals surface area contributed by atoms with Crippen LogP contribution in [0.3, 0.4) is 0 Å². The number of nitrogens with zero attached hydrogens (tertiary/aromatic N) is 2. The van der Waals surface area contributed by atoms with Gasteiger partial charge in [-0.2, -0.15) is 5.10 Å². The molecule has 1 aliphatic heterocycles. The number of hydrogen-bond acceptors (Lipinski definition) is 5. The van der Waals surface area contributed by atoms with E-state index in [4.69, 9.17) is 0 Å². The molecule has 25 heavy (non-hydrogen) atoms. The summed E-state index contributed by atoms with van der Waals surface area (Å²) < 4.78 is 0. The number of ketones is 1. The molecule has 0 radical (unpaired) electrons. The average Bonchev–Trinajstić information content (AvgIpc) is 2.83. The highest BCUT2D eigenvalue weighted by Gasteiger charge is 2.35. The standard InChI is InChI=1S/C18H21N3O4/c1-11-10-17(24)21(18(11)25)9-8-16(23)20-19-12(2)14-4-6-15(7-5-14)13(3)22/h4-7,11H,8-10H2,1-3H3,(H,20,23)/b19-12+. The SMILES string of the molecule is CC(=O)c1ccc(/C(C)=N/NC(=O)CCN2C(=O)CC(C)C2=O)cc1. The summed E-state index contributed by atoms with van der Waals surface area (Å²) in [6.45, 7) is 4.99. The summed E-state index contributed by atoms with van der Waals surface area (Å²) in [5, 5.41) is 4.01. The lowest BCUT2D eigenvalue weighted by Crippen LogP contribution is -2.34. The molecule has 1 aliphatic rings. The van der Waals surface area contributed by atoms with E-state index in [0.717, 1.165) is 10.5 Å². The number of imide groups is 1. The summed E-state index contributed by atoms with van der Waals surface area (Å²) in [7, 11) is 0. The Kier molecular flexibility index (Phi) is 5.80. The minimum absolute atomic E-state index is 0.00422. The Balaban J connectivity index is 1.88. The van der Waals surface area contributed by atoms with Gasteiger partial charge in [-0.05, 0) is 19.4 Å². The van der Waals surface area contributed by atoms with E-state index in [0.29, 0.717) is 11.3 Å². The molecule has 1 atom stereocenters. The number of nitrogens with one attached hydrogen (secondary N) is 1. The van der Waals surface area contributed by atoms with Gasteiger partial charge in [0.2, 0.25) is 17.7 Å². The fraction of sp³-hybridized carbons (Fsp3) is 0.389. The van der Waals surface area contributed by atoms with E-state index in [2.05, 4.69) is 10.5 Å². The van der Waals surface area contributed by atoms with Gasteiger partial charge in [-0.15, -0.1) is 0 Å². The minimum Gasteiger partial charge on any atom is -0.295 e. The fourth-order valence-corrected chi connectivity index (χ4v) is 2.51. The lowest BCUT2D eigenvalue weighted by molar-refractivity contribution is -0.139. The van der Waals surface area contributed by atoms with Crippen LogP contribution in [0.5, 0.6) is 0 Å². The van der Waals surface area contributed by atoms with Crippen LogP contribution in [-0.2, 0) is 14.4 Å². The second-order valence-corrected chi connectivity index (χ2v) is 6.10. The van der Waals surface area contributed by atoms with Crippen LogP contribution >= 0.6 is 0 Å². The van der Waals surface area contributed by atoms with E-state index in [1.807, 2.05) is 0 Å². The smallest absolute Gasteiger partial charge is 0.241 e. The minimum atomic E-state index is -0.375. The first-order chi connectivity index (χ1) is 11.8. The van der Waals surface area contributed by atoms with Crippen molar-refractivity contribution in [3.05, 3.63) is 35.4 Å². The Morgan fingerprint density at radius 3 is 2.28 bits per heavy atom. The molecule has 1 aromatic rings. The normalized spacial score (nSPS) is 17.8. The van der Waals surface area contributed by atoms with Crippen molar-refractivity contribution in [2.24, 2.45) is 11.0 Å². The molecule has 7 heteroatoms. The third-order valence-corrected chi connectivity index (χ3v) is 4.09. The molecule has 2 rings (SSSR count). The van der Waals surface area contributed by atoms with Gasteiger partial charge >= 0.3 is 0 Å². The number of likely N-dealkylation sites (tertiary alicyclic amines) is 1. The maximum absolute atomic E-state index is 11.9. The first-order valence-electron chi connectivity index (χ1n) is 8.08. The molecule has 1 fully saturated rings. The number of Topliss-reactive ketones (excluding diaryl/α,β-unsaturated/α-hetero) is 1. The molecule has 1 N–H and O–H groups in total. The predicted octanol–water partition coefficient (Wildman–Crippen LogP) is 1.51. The molecule has 132 valence electrons. The van der Waals surface area contributed by atoms with Crippen LogP contribution in [0.4, 0.5) is 0 Å². The van der Waals surface area contributed by atoms with Crippen LogP contribution in [0, 0.1) is 5.92 Å². The van der Waals surface area contributed by atoms with E-state index in [1.54, 1.807) is 38.1 Å². The van der Waals surface area contributed by atoms with Gasteiger partial charge in [-0.3, -0.25) is 24.1 Å². The molecule has 7 nitrogen and oxygen atoms in total. The van der Waals surface area contributed by atoms with Gasteiger partial charge in [0.05, 0.1) is 5.71 Å². The Labute approximate surface area is 146 Å². The Morgan fingerprint density at radius 1 is 1.16 bits per heavy atom. The summed E-state index contributed by atoms with van der Waals surface area (Å²) in [4.78, 5) is 47.7. The first kappa shape index (κ1) is 18.5. The fourth-order valence-electron chi connectivity index (χ4n) is 2.51. The molecule has 0 spiro atoms. The largest absolute Gasteiger partial charge is 0.295 e. The molecular weight excluding hydrogens is 322 g/mol. The third-order valence-electron chi connectivity index (χ3n) is 4.09. The van der Waals surface area contributed by atoms with Crippen molar-refractivity contribution >= 4 is 29.2 Å². The number of amides is 3. The van der Waals surface area contributed by atoms with Crippen molar-refractivity contribution in [3.8, 4) is 0 Å². The zero-order valence-corrected chi connectivity index (χ0v) is 14.5. The van der Waals surface area contributed by atoms with Crippen molar-refractivity contribution < 1.29 is 19.2 Å². The van der Waals surface area contributed by atoms with Gasteiger partial charge in [-0.1, -0.05) is 31.2 Å². The Bertz CT molecular complexity index is 737. The molecule has 0 bridgehead atoms. The first-order valence-corrected chi connectivity index (χ1v) is 8.08. The molecule has 0 aromatic heterocycles. The van der Waals surface area contributed by atoms with Crippen molar-refractivity contribution in [3.63, 3.8) is 0 Å². The maximum atomic E-state index is 11.9. The number of carbonyl (C=O) groups is 4. The molecule has 1 aromatic carbocycles.